The van der Waals surface area contributed by atoms with Gasteiger partial charge in [0, 0.05) is 6.04 Å². The highest BCUT2D eigenvalue weighted by Gasteiger charge is 2.37. The van der Waals surface area contributed by atoms with Crippen LogP contribution in [0.4, 0.5) is 4.79 Å². The van der Waals surface area contributed by atoms with E-state index in [9.17, 15) is 19.2 Å². The Kier molecular flexibility index (Phi) is 3.99. The van der Waals surface area contributed by atoms with E-state index in [2.05, 4.69) is 10.6 Å². The summed E-state index contributed by atoms with van der Waals surface area (Å²) in [7, 11) is 0. The van der Waals surface area contributed by atoms with Crippen molar-refractivity contribution >= 4 is 47.0 Å². The van der Waals surface area contributed by atoms with E-state index in [1.54, 1.807) is 0 Å². The Balaban J connectivity index is 1.69. The lowest BCUT2D eigenvalue weighted by molar-refractivity contribution is -0.120. The van der Waals surface area contributed by atoms with Gasteiger partial charge in [0.2, 0.25) is 5.91 Å². The predicted molar refractivity (Wildman–Crippen MR) is 81.5 cm³/mol. The molecule has 1 aromatic carbocycles. The SMILES string of the molecule is O=C(CN1C(=O)c2cc(Cl)c(Cl)cc2C1=O)NC(=O)NC1CC1. The molecule has 3 rings (SSSR count). The second kappa shape index (κ2) is 5.82. The summed E-state index contributed by atoms with van der Waals surface area (Å²) in [6.07, 6.45) is 1.75. The van der Waals surface area contributed by atoms with Crippen molar-refractivity contribution in [2.45, 2.75) is 18.9 Å². The topological polar surface area (TPSA) is 95.6 Å². The average molecular weight is 356 g/mol. The van der Waals surface area contributed by atoms with E-state index in [0.717, 1.165) is 17.7 Å². The molecule has 2 aliphatic rings. The Labute approximate surface area is 140 Å². The van der Waals surface area contributed by atoms with Crippen molar-refractivity contribution in [1.82, 2.24) is 15.5 Å². The van der Waals surface area contributed by atoms with Crippen molar-refractivity contribution in [3.63, 3.8) is 0 Å². The molecule has 0 radical (unpaired) electrons. The predicted octanol–water partition coefficient (Wildman–Crippen LogP) is 1.58. The summed E-state index contributed by atoms with van der Waals surface area (Å²) < 4.78 is 0. The number of halogens is 2. The first-order chi connectivity index (χ1) is 10.9. The molecule has 120 valence electrons. The second-order valence-corrected chi connectivity index (χ2v) is 6.12. The summed E-state index contributed by atoms with van der Waals surface area (Å²) in [6, 6.07) is 2.03. The number of benzene rings is 1. The van der Waals surface area contributed by atoms with Gasteiger partial charge >= 0.3 is 6.03 Å². The second-order valence-electron chi connectivity index (χ2n) is 5.30. The Morgan fingerprint density at radius 3 is 2.09 bits per heavy atom. The lowest BCUT2D eigenvalue weighted by Gasteiger charge is -2.13. The minimum Gasteiger partial charge on any atom is -0.335 e. The van der Waals surface area contributed by atoms with E-state index >= 15 is 0 Å². The van der Waals surface area contributed by atoms with Gasteiger partial charge in [-0.15, -0.1) is 0 Å². The normalized spacial score (nSPS) is 16.3. The van der Waals surface area contributed by atoms with E-state index in [0.29, 0.717) is 0 Å². The molecule has 1 heterocycles. The number of carbonyl (C=O) groups is 4. The maximum absolute atomic E-state index is 12.2. The van der Waals surface area contributed by atoms with Gasteiger partial charge in [-0.05, 0) is 25.0 Å². The van der Waals surface area contributed by atoms with Crippen LogP contribution in [0.1, 0.15) is 33.6 Å². The molecule has 0 spiro atoms. The van der Waals surface area contributed by atoms with Crippen LogP contribution in [0.3, 0.4) is 0 Å². The van der Waals surface area contributed by atoms with Crippen molar-refractivity contribution in [2.75, 3.05) is 6.54 Å². The summed E-state index contributed by atoms with van der Waals surface area (Å²) in [5, 5.41) is 4.93. The van der Waals surface area contributed by atoms with Gasteiger partial charge in [-0.3, -0.25) is 24.6 Å². The molecule has 0 saturated heterocycles. The smallest absolute Gasteiger partial charge is 0.321 e. The Morgan fingerprint density at radius 2 is 1.61 bits per heavy atom. The molecule has 9 heteroatoms. The van der Waals surface area contributed by atoms with Crippen LogP contribution in [0.2, 0.25) is 10.0 Å². The van der Waals surface area contributed by atoms with E-state index < -0.39 is 30.3 Å². The number of fused-ring (bicyclic) bond motifs is 1. The van der Waals surface area contributed by atoms with Crippen LogP contribution >= 0.6 is 23.2 Å². The fourth-order valence-corrected chi connectivity index (χ4v) is 2.51. The summed E-state index contributed by atoms with van der Waals surface area (Å²) >= 11 is 11.7. The molecule has 0 aromatic heterocycles. The maximum Gasteiger partial charge on any atom is 0.321 e. The minimum atomic E-state index is -0.755. The number of amides is 5. The van der Waals surface area contributed by atoms with Gasteiger partial charge in [-0.2, -0.15) is 0 Å². The number of imide groups is 2. The number of carbonyl (C=O) groups excluding carboxylic acids is 4. The molecule has 0 atom stereocenters. The first-order valence-electron chi connectivity index (χ1n) is 6.82. The summed E-state index contributed by atoms with van der Waals surface area (Å²) in [5.41, 5.74) is 0.166. The summed E-state index contributed by atoms with van der Waals surface area (Å²) in [4.78, 5) is 48.5. The van der Waals surface area contributed by atoms with Crippen molar-refractivity contribution in [3.8, 4) is 0 Å². The van der Waals surface area contributed by atoms with Gasteiger partial charge in [-0.25, -0.2) is 4.79 Å². The van der Waals surface area contributed by atoms with Crippen LogP contribution < -0.4 is 10.6 Å². The fourth-order valence-electron chi connectivity index (χ4n) is 2.19. The van der Waals surface area contributed by atoms with Crippen molar-refractivity contribution in [1.29, 1.82) is 0 Å². The lowest BCUT2D eigenvalue weighted by Crippen LogP contribution is -2.46. The summed E-state index contributed by atoms with van der Waals surface area (Å²) in [5.74, 6) is -2.06. The maximum atomic E-state index is 12.2. The molecule has 1 aliphatic carbocycles. The van der Waals surface area contributed by atoms with Crippen LogP contribution in [0.5, 0.6) is 0 Å². The quantitative estimate of drug-likeness (QED) is 0.804. The first kappa shape index (κ1) is 15.8. The van der Waals surface area contributed by atoms with Gasteiger partial charge in [0.1, 0.15) is 6.54 Å². The molecular weight excluding hydrogens is 345 g/mol. The number of nitrogens with zero attached hydrogens (tertiary/aromatic N) is 1. The molecule has 0 unspecified atom stereocenters. The summed E-state index contributed by atoms with van der Waals surface area (Å²) in [6.45, 7) is -0.556. The standard InChI is InChI=1S/C14H11Cl2N3O4/c15-9-3-7-8(4-10(9)16)13(22)19(12(7)21)5-11(20)18-14(23)17-6-1-2-6/h3-4,6H,1-2,5H2,(H2,17,18,20,23). The Bertz CT molecular complexity index is 705. The average Bonchev–Trinajstić information content (AvgIpc) is 3.25. The molecule has 1 fully saturated rings. The fraction of sp³-hybridized carbons (Fsp3) is 0.286. The molecule has 0 bridgehead atoms. The zero-order chi connectivity index (χ0) is 16.7. The molecule has 1 saturated carbocycles. The zero-order valence-electron chi connectivity index (χ0n) is 11.7. The van der Waals surface area contributed by atoms with Crippen LogP contribution in [-0.4, -0.2) is 41.2 Å². The largest absolute Gasteiger partial charge is 0.335 e. The minimum absolute atomic E-state index is 0.0830. The highest BCUT2D eigenvalue weighted by Crippen LogP contribution is 2.31. The van der Waals surface area contributed by atoms with Crippen LogP contribution in [0.25, 0.3) is 0 Å². The number of nitrogens with one attached hydrogen (secondary N) is 2. The van der Waals surface area contributed by atoms with Crippen molar-refractivity contribution in [3.05, 3.63) is 33.3 Å². The van der Waals surface area contributed by atoms with E-state index in [-0.39, 0.29) is 27.2 Å². The third-order valence-electron chi connectivity index (χ3n) is 3.48. The van der Waals surface area contributed by atoms with Crippen molar-refractivity contribution in [2.24, 2.45) is 0 Å². The van der Waals surface area contributed by atoms with Gasteiger partial charge < -0.3 is 5.32 Å². The van der Waals surface area contributed by atoms with Gasteiger partial charge in [0.05, 0.1) is 21.2 Å². The first-order valence-corrected chi connectivity index (χ1v) is 7.58. The monoisotopic (exact) mass is 355 g/mol. The molecule has 1 aliphatic heterocycles. The van der Waals surface area contributed by atoms with Crippen LogP contribution in [0.15, 0.2) is 12.1 Å². The Morgan fingerprint density at radius 1 is 1.09 bits per heavy atom. The van der Waals surface area contributed by atoms with Crippen LogP contribution in [-0.2, 0) is 4.79 Å². The van der Waals surface area contributed by atoms with Gasteiger partial charge in [0.15, 0.2) is 0 Å². The molecule has 2 N–H and O–H groups in total. The van der Waals surface area contributed by atoms with Crippen molar-refractivity contribution < 1.29 is 19.2 Å². The van der Waals surface area contributed by atoms with E-state index in [4.69, 9.17) is 23.2 Å². The zero-order valence-corrected chi connectivity index (χ0v) is 13.2. The molecule has 23 heavy (non-hydrogen) atoms. The number of rotatable bonds is 3. The molecule has 7 nitrogen and oxygen atoms in total. The lowest BCUT2D eigenvalue weighted by atomic mass is 10.1. The molecule has 1 aromatic rings. The highest BCUT2D eigenvalue weighted by atomic mass is 35.5. The Hall–Kier alpha value is -2.12. The van der Waals surface area contributed by atoms with E-state index in [1.807, 2.05) is 0 Å². The molecular formula is C14H11Cl2N3O4. The number of hydrogen-bond acceptors (Lipinski definition) is 4. The van der Waals surface area contributed by atoms with Gasteiger partial charge in [-0.1, -0.05) is 23.2 Å². The third-order valence-corrected chi connectivity index (χ3v) is 4.20. The highest BCUT2D eigenvalue weighted by molar-refractivity contribution is 6.43. The third kappa shape index (κ3) is 3.16. The van der Waals surface area contributed by atoms with E-state index in [1.165, 1.54) is 12.1 Å². The number of hydrogen-bond donors (Lipinski definition) is 2. The molecule has 5 amide bonds. The van der Waals surface area contributed by atoms with Crippen LogP contribution in [0, 0.1) is 0 Å². The van der Waals surface area contributed by atoms with Gasteiger partial charge in [0.25, 0.3) is 11.8 Å². The number of urea groups is 1.